The van der Waals surface area contributed by atoms with E-state index in [0.717, 1.165) is 16.9 Å². The minimum atomic E-state index is -0.272. The smallest absolute Gasteiger partial charge is 0.123 e. The standard InChI is InChI=1S/C17H17F2N3.HI/c1-12(2)22-17(13-3-5-14(18)6-4-13)11-21(20-22)16-9-7-15(19)8-10-16;/h3-12,20H,1-2H3;1H/p-1. The molecule has 1 heterocycles. The van der Waals surface area contributed by atoms with Gasteiger partial charge in [0, 0.05) is 17.8 Å². The molecule has 0 aromatic heterocycles. The number of anilines is 1. The van der Waals surface area contributed by atoms with Crippen molar-refractivity contribution in [2.45, 2.75) is 19.9 Å². The lowest BCUT2D eigenvalue weighted by Gasteiger charge is -2.28. The highest BCUT2D eigenvalue weighted by Crippen LogP contribution is 2.28. The van der Waals surface area contributed by atoms with Gasteiger partial charge in [-0.25, -0.2) is 8.78 Å². The molecule has 1 aliphatic rings. The molecule has 3 nitrogen and oxygen atoms in total. The van der Waals surface area contributed by atoms with Gasteiger partial charge in [0.15, 0.2) is 0 Å². The molecule has 0 spiro atoms. The van der Waals surface area contributed by atoms with Crippen LogP contribution in [0.15, 0.2) is 54.7 Å². The second-order valence-electron chi connectivity index (χ2n) is 5.43. The van der Waals surface area contributed by atoms with Crippen LogP contribution in [-0.2, 0) is 0 Å². The van der Waals surface area contributed by atoms with Gasteiger partial charge >= 0.3 is 0 Å². The monoisotopic (exact) mass is 428 g/mol. The number of hydrogen-bond donors (Lipinski definition) is 1. The molecule has 0 fully saturated rings. The third-order valence-corrected chi connectivity index (χ3v) is 3.49. The maximum absolute atomic E-state index is 13.1. The van der Waals surface area contributed by atoms with E-state index in [1.54, 1.807) is 24.3 Å². The Labute approximate surface area is 151 Å². The molecule has 0 amide bonds. The van der Waals surface area contributed by atoms with E-state index in [0.29, 0.717) is 0 Å². The van der Waals surface area contributed by atoms with Gasteiger partial charge in [-0.15, -0.1) is 5.53 Å². The molecule has 0 bridgehead atoms. The van der Waals surface area contributed by atoms with Crippen LogP contribution < -0.4 is 34.5 Å². The Morgan fingerprint density at radius 2 is 1.39 bits per heavy atom. The summed E-state index contributed by atoms with van der Waals surface area (Å²) in [5.74, 6) is -0.534. The van der Waals surface area contributed by atoms with Crippen LogP contribution in [-0.4, -0.2) is 11.1 Å². The number of benzene rings is 2. The van der Waals surface area contributed by atoms with Gasteiger partial charge < -0.3 is 24.0 Å². The topological polar surface area (TPSA) is 18.5 Å². The van der Waals surface area contributed by atoms with Crippen molar-refractivity contribution in [3.63, 3.8) is 0 Å². The highest BCUT2D eigenvalue weighted by molar-refractivity contribution is 5.70. The first kappa shape index (κ1) is 17.7. The molecule has 1 N–H and O–H groups in total. The van der Waals surface area contributed by atoms with E-state index < -0.39 is 0 Å². The molecule has 0 aliphatic carbocycles. The molecule has 0 atom stereocenters. The van der Waals surface area contributed by atoms with Crippen LogP contribution in [0.25, 0.3) is 5.70 Å². The Morgan fingerprint density at radius 3 is 1.91 bits per heavy atom. The average molecular weight is 428 g/mol. The zero-order chi connectivity index (χ0) is 15.7. The molecule has 23 heavy (non-hydrogen) atoms. The first-order chi connectivity index (χ1) is 10.5. The average Bonchev–Trinajstić information content (AvgIpc) is 2.94. The van der Waals surface area contributed by atoms with Crippen molar-refractivity contribution in [3.05, 3.63) is 71.9 Å². The Kier molecular flexibility index (Phi) is 5.59. The fourth-order valence-electron chi connectivity index (χ4n) is 2.35. The van der Waals surface area contributed by atoms with Crippen molar-refractivity contribution in [2.75, 3.05) is 5.01 Å². The lowest BCUT2D eigenvalue weighted by atomic mass is 10.1. The van der Waals surface area contributed by atoms with Crippen molar-refractivity contribution < 1.29 is 32.8 Å². The molecule has 3 rings (SSSR count). The van der Waals surface area contributed by atoms with E-state index in [2.05, 4.69) is 19.4 Å². The van der Waals surface area contributed by atoms with Crippen LogP contribution in [0.4, 0.5) is 14.5 Å². The number of hydrazine groups is 2. The van der Waals surface area contributed by atoms with Crippen LogP contribution in [0.3, 0.4) is 0 Å². The number of nitrogens with one attached hydrogen (secondary N) is 1. The zero-order valence-corrected chi connectivity index (χ0v) is 15.0. The SMILES string of the molecule is CC(C)N1NN(c2ccc(F)cc2)C=C1c1ccc(F)cc1.[I-]. The predicted molar refractivity (Wildman–Crippen MR) is 83.4 cm³/mol. The summed E-state index contributed by atoms with van der Waals surface area (Å²) < 4.78 is 26.2. The van der Waals surface area contributed by atoms with Crippen molar-refractivity contribution >= 4 is 11.4 Å². The van der Waals surface area contributed by atoms with Crippen molar-refractivity contribution in [1.82, 2.24) is 10.5 Å². The summed E-state index contributed by atoms with van der Waals surface area (Å²) in [5, 5.41) is 3.80. The zero-order valence-electron chi connectivity index (χ0n) is 12.8. The van der Waals surface area contributed by atoms with Crippen LogP contribution in [0.1, 0.15) is 19.4 Å². The summed E-state index contributed by atoms with van der Waals surface area (Å²) in [7, 11) is 0. The van der Waals surface area contributed by atoms with Crippen LogP contribution in [0, 0.1) is 11.6 Å². The molecule has 1 aliphatic heterocycles. The Morgan fingerprint density at radius 1 is 0.870 bits per heavy atom. The molecule has 0 radical (unpaired) electrons. The van der Waals surface area contributed by atoms with Gasteiger partial charge in [0.1, 0.15) is 11.6 Å². The van der Waals surface area contributed by atoms with Gasteiger partial charge in [-0.3, -0.25) is 10.0 Å². The largest absolute Gasteiger partial charge is 1.00 e. The fraction of sp³-hybridized carbons (Fsp3) is 0.176. The molecule has 0 saturated heterocycles. The van der Waals surface area contributed by atoms with Gasteiger partial charge in [-0.1, -0.05) is 0 Å². The van der Waals surface area contributed by atoms with E-state index in [-0.39, 0.29) is 41.7 Å². The van der Waals surface area contributed by atoms with E-state index in [9.17, 15) is 8.78 Å². The van der Waals surface area contributed by atoms with E-state index >= 15 is 0 Å². The van der Waals surface area contributed by atoms with Crippen molar-refractivity contribution in [1.29, 1.82) is 0 Å². The molecular weight excluding hydrogens is 411 g/mol. The first-order valence-corrected chi connectivity index (χ1v) is 7.12. The van der Waals surface area contributed by atoms with E-state index in [4.69, 9.17) is 0 Å². The first-order valence-electron chi connectivity index (χ1n) is 7.12. The number of halogens is 3. The minimum absolute atomic E-state index is 0. The Balaban J connectivity index is 0.00000192. The van der Waals surface area contributed by atoms with Crippen molar-refractivity contribution in [3.8, 4) is 0 Å². The van der Waals surface area contributed by atoms with Gasteiger partial charge in [-0.05, 0) is 62.4 Å². The molecule has 0 unspecified atom stereocenters. The minimum Gasteiger partial charge on any atom is -1.00 e. The quantitative estimate of drug-likeness (QED) is 0.734. The van der Waals surface area contributed by atoms with E-state index in [1.165, 1.54) is 24.3 Å². The summed E-state index contributed by atoms with van der Waals surface area (Å²) in [6, 6.07) is 12.8. The summed E-state index contributed by atoms with van der Waals surface area (Å²) in [4.78, 5) is 0. The highest BCUT2D eigenvalue weighted by atomic mass is 127. The van der Waals surface area contributed by atoms with Gasteiger partial charge in [-0.2, -0.15) is 0 Å². The van der Waals surface area contributed by atoms with Crippen LogP contribution in [0.2, 0.25) is 0 Å². The number of nitrogens with zero attached hydrogens (tertiary/aromatic N) is 2. The summed E-state index contributed by atoms with van der Waals surface area (Å²) in [6.45, 7) is 4.11. The number of rotatable bonds is 3. The van der Waals surface area contributed by atoms with Gasteiger partial charge in [0.25, 0.3) is 0 Å². The highest BCUT2D eigenvalue weighted by Gasteiger charge is 2.25. The normalized spacial score (nSPS) is 14.0. The lowest BCUT2D eigenvalue weighted by molar-refractivity contribution is -0.00000587. The summed E-state index contributed by atoms with van der Waals surface area (Å²) in [5.41, 5.74) is 5.91. The third kappa shape index (κ3) is 3.81. The third-order valence-electron chi connectivity index (χ3n) is 3.49. The molecular formula is C17H17F2IN3-. The second kappa shape index (κ2) is 7.27. The van der Waals surface area contributed by atoms with Crippen LogP contribution >= 0.6 is 0 Å². The lowest BCUT2D eigenvalue weighted by Crippen LogP contribution is -3.00. The molecule has 2 aromatic rings. The Bertz CT molecular complexity index is 684. The maximum Gasteiger partial charge on any atom is 0.123 e. The van der Waals surface area contributed by atoms with Crippen LogP contribution in [0.5, 0.6) is 0 Å². The van der Waals surface area contributed by atoms with E-state index in [1.807, 2.05) is 16.2 Å². The maximum atomic E-state index is 13.1. The molecule has 2 aromatic carbocycles. The number of hydrogen-bond acceptors (Lipinski definition) is 3. The van der Waals surface area contributed by atoms with Crippen molar-refractivity contribution in [2.24, 2.45) is 0 Å². The van der Waals surface area contributed by atoms with Gasteiger partial charge in [0.05, 0.1) is 11.4 Å². The summed E-state index contributed by atoms with van der Waals surface area (Å²) >= 11 is 0. The molecule has 122 valence electrons. The van der Waals surface area contributed by atoms with Gasteiger partial charge in [0.2, 0.25) is 0 Å². The molecule has 0 saturated carbocycles. The summed E-state index contributed by atoms with van der Waals surface area (Å²) in [6.07, 6.45) is 1.92. The Hall–Kier alpha value is -1.67. The second-order valence-corrected chi connectivity index (χ2v) is 5.43. The fourth-order valence-corrected chi connectivity index (χ4v) is 2.35. The predicted octanol–water partition coefficient (Wildman–Crippen LogP) is 0.917. The molecule has 6 heteroatoms.